The topological polar surface area (TPSA) is 191 Å². The number of aliphatic hydroxyl groups excluding tert-OH is 2. The highest BCUT2D eigenvalue weighted by Crippen LogP contribution is 2.32. The van der Waals surface area contributed by atoms with Gasteiger partial charge in [0.05, 0.1) is 26.4 Å². The van der Waals surface area contributed by atoms with Crippen molar-refractivity contribution in [2.45, 2.75) is 34.0 Å². The molecule has 1 saturated heterocycles. The molecule has 1 aliphatic rings. The quantitative estimate of drug-likeness (QED) is 0.306. The molecule has 0 aromatic heterocycles. The van der Waals surface area contributed by atoms with Crippen molar-refractivity contribution in [2.75, 3.05) is 26.4 Å². The zero-order valence-corrected chi connectivity index (χ0v) is 21.2. The van der Waals surface area contributed by atoms with Crippen LogP contribution in [0, 0.1) is 10.8 Å². The lowest BCUT2D eigenvalue weighted by Gasteiger charge is -2.34. The number of hydrogen-bond donors (Lipinski definition) is 6. The summed E-state index contributed by atoms with van der Waals surface area (Å²) in [5.74, 6) is -3.03. The molecule has 2 aromatic carbocycles. The van der Waals surface area contributed by atoms with E-state index in [1.54, 1.807) is 19.9 Å². The van der Waals surface area contributed by atoms with Gasteiger partial charge in [-0.05, 0) is 30.3 Å². The van der Waals surface area contributed by atoms with Crippen molar-refractivity contribution >= 4 is 18.2 Å². The van der Waals surface area contributed by atoms with Crippen LogP contribution in [0.5, 0.6) is 11.5 Å². The van der Waals surface area contributed by atoms with E-state index in [1.165, 1.54) is 24.3 Å². The lowest BCUT2D eigenvalue weighted by atomic mass is 9.95. The number of carboxylic acids is 2. The first-order chi connectivity index (χ1) is 17.2. The zero-order valence-electron chi connectivity index (χ0n) is 21.2. The summed E-state index contributed by atoms with van der Waals surface area (Å²) in [5, 5.41) is 52.7. The Morgan fingerprint density at radius 2 is 1.38 bits per heavy atom. The molecule has 0 aliphatic carbocycles. The van der Waals surface area contributed by atoms with Gasteiger partial charge in [0.15, 0.2) is 6.29 Å². The van der Waals surface area contributed by atoms with Crippen molar-refractivity contribution in [3.8, 4) is 11.5 Å². The Hall–Kier alpha value is -3.51. The van der Waals surface area contributed by atoms with Crippen LogP contribution in [0.2, 0.25) is 0 Å². The second kappa shape index (κ2) is 13.7. The summed E-state index contributed by atoms with van der Waals surface area (Å²) in [6.07, 6.45) is -0.0528. The third-order valence-corrected chi connectivity index (χ3v) is 5.02. The number of carbonyl (C=O) groups is 3. The van der Waals surface area contributed by atoms with E-state index in [2.05, 4.69) is 0 Å². The van der Waals surface area contributed by atoms with Crippen LogP contribution in [0.3, 0.4) is 0 Å². The van der Waals surface area contributed by atoms with Crippen LogP contribution in [-0.4, -0.2) is 75.3 Å². The predicted octanol–water partition coefficient (Wildman–Crippen LogP) is 3.06. The molecule has 11 nitrogen and oxygen atoms in total. The molecule has 11 heteroatoms. The van der Waals surface area contributed by atoms with E-state index in [9.17, 15) is 19.5 Å². The van der Waals surface area contributed by atoms with Crippen molar-refractivity contribution in [1.82, 2.24) is 0 Å². The standard InChI is InChI=1S/C13H16O5.C8H6O4.C5H12O2/c1-13(2)6-17-12(18-7-13)8-3-4-10(14)9(5-8)11(15)16;9-4-5-1-2-7(10)6(3-5)8(11)12;1-5(2,3-6)4-7/h3-5,12,14H,6-7H2,1-2H3,(H,15,16);1-4,10H,(H,11,12);6-7H,3-4H2,1-2H3. The summed E-state index contributed by atoms with van der Waals surface area (Å²) in [6.45, 7) is 8.83. The van der Waals surface area contributed by atoms with Crippen molar-refractivity contribution in [2.24, 2.45) is 10.8 Å². The summed E-state index contributed by atoms with van der Waals surface area (Å²) in [6, 6.07) is 7.95. The van der Waals surface area contributed by atoms with Gasteiger partial charge in [0, 0.05) is 22.0 Å². The zero-order chi connectivity index (χ0) is 28.4. The minimum atomic E-state index is -1.25. The Labute approximate surface area is 214 Å². The second-order valence-electron chi connectivity index (χ2n) is 9.88. The molecule has 1 fully saturated rings. The van der Waals surface area contributed by atoms with E-state index in [-0.39, 0.29) is 52.2 Å². The van der Waals surface area contributed by atoms with E-state index in [0.29, 0.717) is 25.1 Å². The van der Waals surface area contributed by atoms with Gasteiger partial charge < -0.3 is 40.1 Å². The maximum absolute atomic E-state index is 10.9. The van der Waals surface area contributed by atoms with Crippen molar-refractivity contribution in [3.63, 3.8) is 0 Å². The largest absolute Gasteiger partial charge is 0.507 e. The molecule has 1 aliphatic heterocycles. The highest BCUT2D eigenvalue weighted by Gasteiger charge is 2.29. The number of aldehydes is 1. The molecule has 37 heavy (non-hydrogen) atoms. The first kappa shape index (κ1) is 31.5. The summed E-state index contributed by atoms with van der Waals surface area (Å²) in [4.78, 5) is 31.6. The Balaban J connectivity index is 0.000000311. The van der Waals surface area contributed by atoms with Crippen LogP contribution >= 0.6 is 0 Å². The molecule has 0 atom stereocenters. The highest BCUT2D eigenvalue weighted by molar-refractivity contribution is 5.93. The number of hydrogen-bond acceptors (Lipinski definition) is 9. The minimum Gasteiger partial charge on any atom is -0.507 e. The number of carbonyl (C=O) groups excluding carboxylic acids is 1. The number of phenols is 2. The van der Waals surface area contributed by atoms with Crippen LogP contribution < -0.4 is 0 Å². The average molecular weight is 523 g/mol. The number of carboxylic acid groups (broad SMARTS) is 2. The third kappa shape index (κ3) is 10.2. The van der Waals surface area contributed by atoms with Crippen LogP contribution in [0.1, 0.15) is 70.6 Å². The number of aromatic hydroxyl groups is 2. The van der Waals surface area contributed by atoms with Gasteiger partial charge >= 0.3 is 11.9 Å². The molecule has 0 bridgehead atoms. The first-order valence-corrected chi connectivity index (χ1v) is 11.2. The van der Waals surface area contributed by atoms with E-state index in [1.807, 2.05) is 13.8 Å². The fourth-order valence-corrected chi connectivity index (χ4v) is 2.60. The number of rotatable bonds is 6. The van der Waals surface area contributed by atoms with E-state index >= 15 is 0 Å². The molecular weight excluding hydrogens is 488 g/mol. The number of benzene rings is 2. The number of aliphatic hydroxyl groups is 2. The molecule has 204 valence electrons. The average Bonchev–Trinajstić information content (AvgIpc) is 2.85. The fraction of sp³-hybridized carbons (Fsp3) is 0.423. The lowest BCUT2D eigenvalue weighted by molar-refractivity contribution is -0.226. The summed E-state index contributed by atoms with van der Waals surface area (Å²) >= 11 is 0. The van der Waals surface area contributed by atoms with E-state index in [4.69, 9.17) is 35.0 Å². The van der Waals surface area contributed by atoms with Gasteiger partial charge in [-0.3, -0.25) is 4.79 Å². The van der Waals surface area contributed by atoms with Crippen LogP contribution in [-0.2, 0) is 9.47 Å². The van der Waals surface area contributed by atoms with Gasteiger partial charge in [0.25, 0.3) is 0 Å². The summed E-state index contributed by atoms with van der Waals surface area (Å²) in [7, 11) is 0. The van der Waals surface area contributed by atoms with Crippen LogP contribution in [0.25, 0.3) is 0 Å². The Bertz CT molecular complexity index is 1060. The Morgan fingerprint density at radius 1 is 0.919 bits per heavy atom. The Kier molecular flexibility index (Phi) is 11.7. The second-order valence-corrected chi connectivity index (χ2v) is 9.88. The Morgan fingerprint density at radius 3 is 1.78 bits per heavy atom. The fourth-order valence-electron chi connectivity index (χ4n) is 2.60. The normalized spacial score (nSPS) is 14.9. The maximum atomic E-state index is 10.9. The predicted molar refractivity (Wildman–Crippen MR) is 132 cm³/mol. The van der Waals surface area contributed by atoms with Gasteiger partial charge in [-0.15, -0.1) is 0 Å². The summed E-state index contributed by atoms with van der Waals surface area (Å²) < 4.78 is 11.1. The molecule has 0 amide bonds. The van der Waals surface area contributed by atoms with E-state index < -0.39 is 18.2 Å². The summed E-state index contributed by atoms with van der Waals surface area (Å²) in [5.41, 5.74) is 0.0679. The molecule has 3 rings (SSSR count). The molecule has 0 saturated carbocycles. The monoisotopic (exact) mass is 522 g/mol. The SMILES string of the molecule is CC(C)(CO)CO.CC1(C)COC(c2ccc(O)c(C(=O)O)c2)OC1.O=Cc1ccc(O)c(C(=O)O)c1. The van der Waals surface area contributed by atoms with Crippen molar-refractivity contribution in [3.05, 3.63) is 58.7 Å². The molecule has 1 heterocycles. The van der Waals surface area contributed by atoms with E-state index in [0.717, 1.165) is 6.07 Å². The minimum absolute atomic E-state index is 0.0386. The maximum Gasteiger partial charge on any atom is 0.339 e. The molecule has 2 aromatic rings. The van der Waals surface area contributed by atoms with Gasteiger partial charge in [-0.25, -0.2) is 9.59 Å². The third-order valence-electron chi connectivity index (χ3n) is 5.02. The number of ether oxygens (including phenoxy) is 2. The number of aromatic carboxylic acids is 2. The van der Waals surface area contributed by atoms with Gasteiger partial charge in [0.1, 0.15) is 28.9 Å². The van der Waals surface area contributed by atoms with Crippen LogP contribution in [0.15, 0.2) is 36.4 Å². The van der Waals surface area contributed by atoms with Crippen molar-refractivity contribution < 1.29 is 54.5 Å². The van der Waals surface area contributed by atoms with Gasteiger partial charge in [-0.1, -0.05) is 33.8 Å². The highest BCUT2D eigenvalue weighted by atomic mass is 16.7. The lowest BCUT2D eigenvalue weighted by Crippen LogP contribution is -2.33. The molecule has 6 N–H and O–H groups in total. The van der Waals surface area contributed by atoms with Crippen LogP contribution in [0.4, 0.5) is 0 Å². The van der Waals surface area contributed by atoms with Gasteiger partial charge in [-0.2, -0.15) is 0 Å². The molecular formula is C26H34O11. The van der Waals surface area contributed by atoms with Gasteiger partial charge in [0.2, 0.25) is 0 Å². The molecule has 0 radical (unpaired) electrons. The smallest absolute Gasteiger partial charge is 0.339 e. The molecule has 0 unspecified atom stereocenters. The molecule has 0 spiro atoms. The van der Waals surface area contributed by atoms with Crippen molar-refractivity contribution in [1.29, 1.82) is 0 Å². The first-order valence-electron chi connectivity index (χ1n) is 11.2.